The third-order valence-electron chi connectivity index (χ3n) is 2.27. The number of rotatable bonds is 9. The van der Waals surface area contributed by atoms with Gasteiger partial charge in [0.2, 0.25) is 0 Å². The van der Waals surface area contributed by atoms with Crippen LogP contribution in [0.2, 0.25) is 0 Å². The van der Waals surface area contributed by atoms with Crippen LogP contribution in [0.25, 0.3) is 0 Å². The molecule has 0 saturated heterocycles. The number of unbranched alkanes of at least 4 members (excludes halogenated alkanes) is 7. The van der Waals surface area contributed by atoms with Gasteiger partial charge in [-0.15, -0.1) is 0 Å². The Morgan fingerprint density at radius 2 is 1.46 bits per heavy atom. The van der Waals surface area contributed by atoms with Crippen molar-refractivity contribution in [2.45, 2.75) is 64.7 Å². The van der Waals surface area contributed by atoms with Gasteiger partial charge in [0, 0.05) is 0 Å². The molecule has 0 aliphatic carbocycles. The first-order valence-corrected chi connectivity index (χ1v) is 5.86. The van der Waals surface area contributed by atoms with Crippen LogP contribution < -0.4 is 0 Å². The third kappa shape index (κ3) is 11.7. The molecule has 0 N–H and O–H groups in total. The van der Waals surface area contributed by atoms with Crippen LogP contribution in [-0.2, 0) is 0 Å². The zero-order valence-corrected chi connectivity index (χ0v) is 9.23. The Bertz CT molecular complexity index is 103. The lowest BCUT2D eigenvalue weighted by molar-refractivity contribution is 0.599. The van der Waals surface area contributed by atoms with Crippen molar-refractivity contribution in [3.05, 3.63) is 19.1 Å². The molecule has 77 valence electrons. The van der Waals surface area contributed by atoms with Crippen LogP contribution in [0.4, 0.5) is 0 Å². The summed E-state index contributed by atoms with van der Waals surface area (Å²) in [7, 11) is 0. The van der Waals surface area contributed by atoms with E-state index in [1.807, 2.05) is 0 Å². The fraction of sp³-hybridized carbons (Fsp3) is 0.769. The van der Waals surface area contributed by atoms with Gasteiger partial charge < -0.3 is 0 Å². The number of hydrogen-bond donors (Lipinski definition) is 0. The Kier molecular flexibility index (Phi) is 11.5. The molecule has 0 bridgehead atoms. The second kappa shape index (κ2) is 11.7. The third-order valence-corrected chi connectivity index (χ3v) is 2.27. The van der Waals surface area contributed by atoms with Crippen molar-refractivity contribution >= 4 is 0 Å². The van der Waals surface area contributed by atoms with Crippen LogP contribution in [0.15, 0.2) is 12.2 Å². The van der Waals surface area contributed by atoms with Gasteiger partial charge in [0.15, 0.2) is 0 Å². The molecule has 0 aliphatic rings. The van der Waals surface area contributed by atoms with Gasteiger partial charge in [-0.25, -0.2) is 0 Å². The van der Waals surface area contributed by atoms with E-state index < -0.39 is 0 Å². The van der Waals surface area contributed by atoms with E-state index in [1.54, 1.807) is 0 Å². The van der Waals surface area contributed by atoms with E-state index >= 15 is 0 Å². The topological polar surface area (TPSA) is 0 Å². The molecule has 0 fully saturated rings. The van der Waals surface area contributed by atoms with Crippen LogP contribution in [0.1, 0.15) is 64.7 Å². The second-order valence-electron chi connectivity index (χ2n) is 3.64. The SMILES string of the molecule is [CH2]CCCCCCCC/C=C/CC. The molecule has 0 rings (SSSR count). The van der Waals surface area contributed by atoms with Crippen LogP contribution in [-0.4, -0.2) is 0 Å². The summed E-state index contributed by atoms with van der Waals surface area (Å²) in [6, 6.07) is 0. The lowest BCUT2D eigenvalue weighted by Gasteiger charge is -1.98. The van der Waals surface area contributed by atoms with Crippen molar-refractivity contribution in [1.29, 1.82) is 0 Å². The van der Waals surface area contributed by atoms with Crippen molar-refractivity contribution in [3.63, 3.8) is 0 Å². The maximum atomic E-state index is 3.84. The van der Waals surface area contributed by atoms with Crippen molar-refractivity contribution in [2.24, 2.45) is 0 Å². The van der Waals surface area contributed by atoms with Gasteiger partial charge in [-0.3, -0.25) is 0 Å². The molecule has 0 aromatic rings. The zero-order valence-electron chi connectivity index (χ0n) is 9.23. The highest BCUT2D eigenvalue weighted by atomic mass is 13.9. The second-order valence-corrected chi connectivity index (χ2v) is 3.64. The van der Waals surface area contributed by atoms with Crippen molar-refractivity contribution in [2.75, 3.05) is 0 Å². The summed E-state index contributed by atoms with van der Waals surface area (Å²) in [4.78, 5) is 0. The van der Waals surface area contributed by atoms with E-state index in [0.29, 0.717) is 0 Å². The summed E-state index contributed by atoms with van der Waals surface area (Å²) in [5.74, 6) is 0. The Hall–Kier alpha value is -0.260. The van der Waals surface area contributed by atoms with Gasteiger partial charge in [0.1, 0.15) is 0 Å². The highest BCUT2D eigenvalue weighted by Crippen LogP contribution is 2.08. The lowest BCUT2D eigenvalue weighted by Crippen LogP contribution is -1.78. The Morgan fingerprint density at radius 3 is 2.08 bits per heavy atom. The molecule has 0 spiro atoms. The van der Waals surface area contributed by atoms with E-state index in [-0.39, 0.29) is 0 Å². The molecule has 0 amide bonds. The maximum Gasteiger partial charge on any atom is -0.0351 e. The molecule has 13 heavy (non-hydrogen) atoms. The van der Waals surface area contributed by atoms with E-state index in [9.17, 15) is 0 Å². The van der Waals surface area contributed by atoms with Gasteiger partial charge in [0.05, 0.1) is 0 Å². The summed E-state index contributed by atoms with van der Waals surface area (Å²) >= 11 is 0. The fourth-order valence-corrected chi connectivity index (χ4v) is 1.43. The summed E-state index contributed by atoms with van der Waals surface area (Å²) in [5, 5.41) is 0. The first kappa shape index (κ1) is 12.7. The summed E-state index contributed by atoms with van der Waals surface area (Å²) < 4.78 is 0. The normalized spacial score (nSPS) is 11.2. The van der Waals surface area contributed by atoms with Crippen molar-refractivity contribution in [1.82, 2.24) is 0 Å². The average molecular weight is 181 g/mol. The highest BCUT2D eigenvalue weighted by Gasteiger charge is 1.88. The highest BCUT2D eigenvalue weighted by molar-refractivity contribution is 4.79. The molecule has 0 heteroatoms. The Balaban J connectivity index is 2.87. The fourth-order valence-electron chi connectivity index (χ4n) is 1.43. The van der Waals surface area contributed by atoms with Gasteiger partial charge in [0.25, 0.3) is 0 Å². The molecular weight excluding hydrogens is 156 g/mol. The number of hydrogen-bond acceptors (Lipinski definition) is 0. The standard InChI is InChI=1S/C13H25/c1-3-5-7-9-11-13-12-10-8-6-4-2/h6,8H,1,3-5,7,9-13H2,2H3/b8-6+. The monoisotopic (exact) mass is 181 g/mol. The molecule has 0 aromatic carbocycles. The quantitative estimate of drug-likeness (QED) is 0.350. The van der Waals surface area contributed by atoms with Crippen LogP contribution in [0.3, 0.4) is 0 Å². The van der Waals surface area contributed by atoms with Gasteiger partial charge in [-0.1, -0.05) is 64.5 Å². The van der Waals surface area contributed by atoms with Crippen LogP contribution in [0, 0.1) is 6.92 Å². The van der Waals surface area contributed by atoms with Crippen LogP contribution >= 0.6 is 0 Å². The zero-order chi connectivity index (χ0) is 9.78. The summed E-state index contributed by atoms with van der Waals surface area (Å²) in [6.07, 6.45) is 16.5. The molecule has 0 aliphatic heterocycles. The molecule has 1 radical (unpaired) electrons. The first-order chi connectivity index (χ1) is 6.41. The molecule has 0 atom stereocenters. The molecule has 0 unspecified atom stereocenters. The largest absolute Gasteiger partial charge is 0.0888 e. The Morgan fingerprint density at radius 1 is 0.846 bits per heavy atom. The minimum absolute atomic E-state index is 1.11. The van der Waals surface area contributed by atoms with Crippen LogP contribution in [0.5, 0.6) is 0 Å². The van der Waals surface area contributed by atoms with Crippen molar-refractivity contribution < 1.29 is 0 Å². The molecule has 0 heterocycles. The Labute approximate surface area is 84.4 Å². The summed E-state index contributed by atoms with van der Waals surface area (Å²) in [5.41, 5.74) is 0. The van der Waals surface area contributed by atoms with Gasteiger partial charge in [-0.2, -0.15) is 0 Å². The molecular formula is C13H25. The van der Waals surface area contributed by atoms with E-state index in [2.05, 4.69) is 26.0 Å². The minimum Gasteiger partial charge on any atom is -0.0888 e. The predicted octanol–water partition coefficient (Wildman–Crippen LogP) is 4.91. The first-order valence-electron chi connectivity index (χ1n) is 5.86. The molecule has 0 saturated carbocycles. The number of allylic oxidation sites excluding steroid dienone is 2. The van der Waals surface area contributed by atoms with E-state index in [1.165, 1.54) is 51.4 Å². The average Bonchev–Trinajstić information content (AvgIpc) is 2.16. The molecule has 0 aromatic heterocycles. The minimum atomic E-state index is 1.11. The summed E-state index contributed by atoms with van der Waals surface area (Å²) in [6.45, 7) is 6.03. The predicted molar refractivity (Wildman–Crippen MR) is 61.7 cm³/mol. The van der Waals surface area contributed by atoms with E-state index in [0.717, 1.165) is 6.42 Å². The van der Waals surface area contributed by atoms with E-state index in [4.69, 9.17) is 0 Å². The van der Waals surface area contributed by atoms with Gasteiger partial charge >= 0.3 is 0 Å². The van der Waals surface area contributed by atoms with Gasteiger partial charge in [-0.05, 0) is 19.3 Å². The lowest BCUT2D eigenvalue weighted by atomic mass is 10.1. The molecule has 0 nitrogen and oxygen atoms in total. The smallest absolute Gasteiger partial charge is 0.0351 e. The maximum absolute atomic E-state index is 3.84. The van der Waals surface area contributed by atoms with Crippen molar-refractivity contribution in [3.8, 4) is 0 Å².